The lowest BCUT2D eigenvalue weighted by atomic mass is 9.88. The maximum Gasteiger partial charge on any atom is 0.269 e. The van der Waals surface area contributed by atoms with Gasteiger partial charge in [-0.2, -0.15) is 0 Å². The van der Waals surface area contributed by atoms with Gasteiger partial charge in [-0.05, 0) is 12.8 Å². The molecule has 0 bridgehead atoms. The van der Waals surface area contributed by atoms with Crippen LogP contribution in [0.2, 0.25) is 5.02 Å². The Morgan fingerprint density at radius 2 is 1.75 bits per heavy atom. The third-order valence-corrected chi connectivity index (χ3v) is 5.35. The number of rotatable bonds is 6. The summed E-state index contributed by atoms with van der Waals surface area (Å²) in [5.41, 5.74) is 5.56. The van der Waals surface area contributed by atoms with E-state index < -0.39 is 11.8 Å². The van der Waals surface area contributed by atoms with Crippen molar-refractivity contribution in [2.75, 3.05) is 26.6 Å². The van der Waals surface area contributed by atoms with Gasteiger partial charge < -0.3 is 30.8 Å². The second-order valence-corrected chi connectivity index (χ2v) is 7.49. The first-order chi connectivity index (χ1) is 15.3. The van der Waals surface area contributed by atoms with Crippen molar-refractivity contribution in [3.8, 4) is 11.5 Å². The van der Waals surface area contributed by atoms with Crippen molar-refractivity contribution >= 4 is 35.0 Å². The van der Waals surface area contributed by atoms with Crippen molar-refractivity contribution in [1.82, 2.24) is 15.3 Å². The molecule has 1 saturated carbocycles. The van der Waals surface area contributed by atoms with Crippen LogP contribution >= 0.6 is 11.6 Å². The lowest BCUT2D eigenvalue weighted by Crippen LogP contribution is -2.24. The lowest BCUT2D eigenvalue weighted by molar-refractivity contribution is -0.120. The molecule has 1 aliphatic carbocycles. The summed E-state index contributed by atoms with van der Waals surface area (Å²) in [7, 11) is 4.56. The van der Waals surface area contributed by atoms with Crippen LogP contribution in [0.1, 0.15) is 53.1 Å². The molecule has 1 aliphatic rings. The first-order valence-corrected chi connectivity index (χ1v) is 10.5. The van der Waals surface area contributed by atoms with Gasteiger partial charge in [-0.25, -0.2) is 4.98 Å². The fourth-order valence-corrected chi connectivity index (χ4v) is 3.53. The summed E-state index contributed by atoms with van der Waals surface area (Å²) in [6.07, 6.45) is 6.62. The van der Waals surface area contributed by atoms with Crippen LogP contribution in [0.5, 0.6) is 11.5 Å². The molecule has 3 rings (SSSR count). The number of carbonyl (C=O) groups is 3. The smallest absolute Gasteiger partial charge is 0.269 e. The SMILES string of the molecule is CNC(=O)c1[nH]cnc1C(N)=O.COc1cc(Cl)c(NC(=O)C2CCCCC2)cc1OC. The highest BCUT2D eigenvalue weighted by Gasteiger charge is 2.22. The first-order valence-electron chi connectivity index (χ1n) is 10.1. The highest BCUT2D eigenvalue weighted by Crippen LogP contribution is 2.36. The van der Waals surface area contributed by atoms with Crippen molar-refractivity contribution in [3.63, 3.8) is 0 Å². The van der Waals surface area contributed by atoms with Crippen molar-refractivity contribution in [2.45, 2.75) is 32.1 Å². The number of nitrogens with zero attached hydrogens (tertiary/aromatic N) is 1. The van der Waals surface area contributed by atoms with E-state index in [0.29, 0.717) is 22.2 Å². The fourth-order valence-electron chi connectivity index (χ4n) is 3.33. The summed E-state index contributed by atoms with van der Waals surface area (Å²) in [5.74, 6) is 0.0897. The second kappa shape index (κ2) is 11.9. The van der Waals surface area contributed by atoms with Crippen LogP contribution in [0, 0.1) is 5.92 Å². The molecule has 0 saturated heterocycles. The third kappa shape index (κ3) is 6.36. The molecule has 1 aromatic carbocycles. The highest BCUT2D eigenvalue weighted by atomic mass is 35.5. The van der Waals surface area contributed by atoms with Crippen LogP contribution < -0.4 is 25.8 Å². The fraction of sp³-hybridized carbons (Fsp3) is 0.429. The number of aromatic nitrogens is 2. The van der Waals surface area contributed by atoms with Crippen LogP contribution in [-0.2, 0) is 4.79 Å². The third-order valence-electron chi connectivity index (χ3n) is 5.03. The maximum atomic E-state index is 12.2. The Morgan fingerprint density at radius 3 is 2.31 bits per heavy atom. The summed E-state index contributed by atoms with van der Waals surface area (Å²) >= 11 is 6.17. The number of hydrogen-bond acceptors (Lipinski definition) is 6. The summed E-state index contributed by atoms with van der Waals surface area (Å²) < 4.78 is 10.4. The number of carbonyl (C=O) groups excluding carboxylic acids is 3. The van der Waals surface area contributed by atoms with Crippen molar-refractivity contribution in [3.05, 3.63) is 34.9 Å². The summed E-state index contributed by atoms with van der Waals surface area (Å²) in [5, 5.41) is 5.69. The van der Waals surface area contributed by atoms with E-state index in [-0.39, 0.29) is 23.2 Å². The van der Waals surface area contributed by atoms with Gasteiger partial charge >= 0.3 is 0 Å². The number of amides is 3. The molecule has 10 nitrogen and oxygen atoms in total. The van der Waals surface area contributed by atoms with Crippen LogP contribution in [0.4, 0.5) is 5.69 Å². The Kier molecular flexibility index (Phi) is 9.33. The Hall–Kier alpha value is -3.27. The molecule has 1 heterocycles. The van der Waals surface area contributed by atoms with Crippen molar-refractivity contribution in [1.29, 1.82) is 0 Å². The quantitative estimate of drug-likeness (QED) is 0.515. The number of nitrogens with two attached hydrogens (primary N) is 1. The molecule has 0 radical (unpaired) electrons. The zero-order chi connectivity index (χ0) is 23.7. The number of methoxy groups -OCH3 is 2. The summed E-state index contributed by atoms with van der Waals surface area (Å²) in [6.45, 7) is 0. The molecule has 2 aromatic rings. The predicted molar refractivity (Wildman–Crippen MR) is 120 cm³/mol. The minimum Gasteiger partial charge on any atom is -0.493 e. The number of benzene rings is 1. The largest absolute Gasteiger partial charge is 0.493 e. The van der Waals surface area contributed by atoms with E-state index in [1.165, 1.54) is 19.8 Å². The average Bonchev–Trinajstić information content (AvgIpc) is 3.31. The monoisotopic (exact) mass is 465 g/mol. The number of primary amides is 1. The number of ether oxygens (including phenoxy) is 2. The average molecular weight is 466 g/mol. The van der Waals surface area contributed by atoms with Crippen LogP contribution in [0.25, 0.3) is 0 Å². The van der Waals surface area contributed by atoms with Gasteiger partial charge in [0.05, 0.1) is 31.3 Å². The number of H-pyrrole nitrogens is 1. The van der Waals surface area contributed by atoms with Crippen LogP contribution in [-0.4, -0.2) is 49.0 Å². The van der Waals surface area contributed by atoms with Gasteiger partial charge in [-0.3, -0.25) is 14.4 Å². The topological polar surface area (TPSA) is 148 Å². The molecular formula is C21H28ClN5O5. The number of nitrogens with one attached hydrogen (secondary N) is 3. The van der Waals surface area contributed by atoms with E-state index >= 15 is 0 Å². The Balaban J connectivity index is 0.000000258. The minimum atomic E-state index is -0.727. The van der Waals surface area contributed by atoms with Crippen LogP contribution in [0.15, 0.2) is 18.5 Å². The Bertz CT molecular complexity index is 956. The number of anilines is 1. The molecule has 3 amide bonds. The maximum absolute atomic E-state index is 12.2. The van der Waals surface area contributed by atoms with E-state index in [1.54, 1.807) is 26.4 Å². The molecule has 1 aromatic heterocycles. The molecular weight excluding hydrogens is 438 g/mol. The normalized spacial score (nSPS) is 13.4. The number of imidazole rings is 1. The van der Waals surface area contributed by atoms with Crippen molar-refractivity contribution in [2.24, 2.45) is 11.7 Å². The van der Waals surface area contributed by atoms with Crippen molar-refractivity contribution < 1.29 is 23.9 Å². The lowest BCUT2D eigenvalue weighted by Gasteiger charge is -2.21. The molecule has 174 valence electrons. The zero-order valence-corrected chi connectivity index (χ0v) is 19.0. The zero-order valence-electron chi connectivity index (χ0n) is 18.3. The Morgan fingerprint density at radius 1 is 1.12 bits per heavy atom. The molecule has 0 unspecified atom stereocenters. The number of hydrogen-bond donors (Lipinski definition) is 4. The van der Waals surface area contributed by atoms with E-state index in [0.717, 1.165) is 25.7 Å². The molecule has 11 heteroatoms. The van der Waals surface area contributed by atoms with Gasteiger partial charge in [-0.1, -0.05) is 30.9 Å². The molecule has 5 N–H and O–H groups in total. The highest BCUT2D eigenvalue weighted by molar-refractivity contribution is 6.34. The molecule has 0 aliphatic heterocycles. The van der Waals surface area contributed by atoms with Gasteiger partial charge in [0.25, 0.3) is 11.8 Å². The van der Waals surface area contributed by atoms with Crippen LogP contribution in [0.3, 0.4) is 0 Å². The van der Waals surface area contributed by atoms with Gasteiger partial charge in [0.1, 0.15) is 5.69 Å². The van der Waals surface area contributed by atoms with E-state index in [4.69, 9.17) is 26.8 Å². The molecule has 1 fully saturated rings. The first kappa shape index (κ1) is 25.0. The van der Waals surface area contributed by atoms with Gasteiger partial charge in [0.15, 0.2) is 17.2 Å². The summed E-state index contributed by atoms with van der Waals surface area (Å²) in [4.78, 5) is 40.0. The van der Waals surface area contributed by atoms with E-state index in [9.17, 15) is 14.4 Å². The summed E-state index contributed by atoms with van der Waals surface area (Å²) in [6, 6.07) is 3.35. The number of aromatic amines is 1. The second-order valence-electron chi connectivity index (χ2n) is 7.08. The van der Waals surface area contributed by atoms with Gasteiger partial charge in [0, 0.05) is 25.1 Å². The molecule has 0 atom stereocenters. The van der Waals surface area contributed by atoms with E-state index in [1.807, 2.05) is 0 Å². The van der Waals surface area contributed by atoms with E-state index in [2.05, 4.69) is 20.6 Å². The minimum absolute atomic E-state index is 0.0406. The van der Waals surface area contributed by atoms with Gasteiger partial charge in [0.2, 0.25) is 5.91 Å². The molecule has 0 spiro atoms. The Labute approximate surface area is 191 Å². The predicted octanol–water partition coefficient (Wildman–Crippen LogP) is 2.74. The number of halogens is 1. The molecule has 32 heavy (non-hydrogen) atoms. The van der Waals surface area contributed by atoms with Gasteiger partial charge in [-0.15, -0.1) is 0 Å². The standard InChI is InChI=1S/C15H20ClNO3.C6H8N4O2/c1-19-13-8-11(16)12(9-14(13)20-2)17-15(18)10-6-4-3-5-7-10;1-8-6(12)4-3(5(7)11)9-2-10-4/h8-10H,3-7H2,1-2H3,(H,17,18);2H,1H3,(H2,7,11)(H,8,12)(H,9,10).